The lowest BCUT2D eigenvalue weighted by Gasteiger charge is -2.15. The van der Waals surface area contributed by atoms with Gasteiger partial charge in [0.1, 0.15) is 5.75 Å². The maximum Gasteiger partial charge on any atom is 0.345 e. The van der Waals surface area contributed by atoms with Gasteiger partial charge >= 0.3 is 6.03 Å². The Morgan fingerprint density at radius 3 is 2.71 bits per heavy atom. The summed E-state index contributed by atoms with van der Waals surface area (Å²) in [5, 5.41) is 5.02. The standard InChI is InChI=1S/C17H18Cl2N2O3/c1-21(23-2)17(22)20-14-4-3-5-15(11-14)24-9-8-12-6-7-13(18)10-16(12)19/h3-7,10-11H,8-9H2,1-2H3,(H,20,22). The van der Waals surface area contributed by atoms with E-state index in [4.69, 9.17) is 32.8 Å². The number of carbonyl (C=O) groups excluding carboxylic acids is 1. The van der Waals surface area contributed by atoms with E-state index in [-0.39, 0.29) is 6.03 Å². The molecule has 128 valence electrons. The quantitative estimate of drug-likeness (QED) is 0.755. The van der Waals surface area contributed by atoms with E-state index < -0.39 is 0 Å². The molecule has 0 spiro atoms. The minimum atomic E-state index is -0.373. The largest absolute Gasteiger partial charge is 0.493 e. The second kappa shape index (κ2) is 8.78. The van der Waals surface area contributed by atoms with Crippen molar-refractivity contribution in [1.82, 2.24) is 5.06 Å². The van der Waals surface area contributed by atoms with Crippen LogP contribution in [-0.4, -0.2) is 31.9 Å². The summed E-state index contributed by atoms with van der Waals surface area (Å²) >= 11 is 12.0. The topological polar surface area (TPSA) is 50.8 Å². The average molecular weight is 369 g/mol. The smallest absolute Gasteiger partial charge is 0.345 e. The number of halogens is 2. The second-order valence-corrected chi connectivity index (χ2v) is 5.82. The summed E-state index contributed by atoms with van der Waals surface area (Å²) in [6.45, 7) is 0.455. The Labute approximate surface area is 151 Å². The first-order chi connectivity index (χ1) is 11.5. The highest BCUT2D eigenvalue weighted by molar-refractivity contribution is 6.35. The molecule has 0 fully saturated rings. The Kier molecular flexibility index (Phi) is 6.73. The molecule has 24 heavy (non-hydrogen) atoms. The van der Waals surface area contributed by atoms with E-state index >= 15 is 0 Å². The zero-order valence-electron chi connectivity index (χ0n) is 13.4. The van der Waals surface area contributed by atoms with Crippen molar-refractivity contribution in [3.05, 3.63) is 58.1 Å². The number of nitrogens with zero attached hydrogens (tertiary/aromatic N) is 1. The summed E-state index contributed by atoms with van der Waals surface area (Å²) in [5.74, 6) is 0.651. The van der Waals surface area contributed by atoms with Crippen LogP contribution in [0.5, 0.6) is 5.75 Å². The number of benzene rings is 2. The van der Waals surface area contributed by atoms with Gasteiger partial charge in [-0.3, -0.25) is 4.84 Å². The highest BCUT2D eigenvalue weighted by atomic mass is 35.5. The fourth-order valence-electron chi connectivity index (χ4n) is 1.95. The van der Waals surface area contributed by atoms with Crippen molar-refractivity contribution < 1.29 is 14.4 Å². The van der Waals surface area contributed by atoms with E-state index in [0.717, 1.165) is 10.6 Å². The van der Waals surface area contributed by atoms with Crippen LogP contribution in [0.2, 0.25) is 10.0 Å². The monoisotopic (exact) mass is 368 g/mol. The molecular weight excluding hydrogens is 351 g/mol. The number of hydrogen-bond donors (Lipinski definition) is 1. The Morgan fingerprint density at radius 2 is 2.00 bits per heavy atom. The number of carbonyl (C=O) groups is 1. The van der Waals surface area contributed by atoms with Crippen LogP contribution in [-0.2, 0) is 11.3 Å². The third-order valence-electron chi connectivity index (χ3n) is 3.30. The molecular formula is C17H18Cl2N2O3. The minimum Gasteiger partial charge on any atom is -0.493 e. The Morgan fingerprint density at radius 1 is 1.21 bits per heavy atom. The molecule has 0 aromatic heterocycles. The zero-order valence-corrected chi connectivity index (χ0v) is 14.9. The molecule has 2 aromatic rings. The van der Waals surface area contributed by atoms with Crippen molar-refractivity contribution in [2.24, 2.45) is 0 Å². The molecule has 0 heterocycles. The molecule has 0 saturated carbocycles. The fraction of sp³-hybridized carbons (Fsp3) is 0.235. The molecule has 0 aliphatic rings. The van der Waals surface area contributed by atoms with Gasteiger partial charge in [0.2, 0.25) is 0 Å². The van der Waals surface area contributed by atoms with Crippen molar-refractivity contribution >= 4 is 34.9 Å². The van der Waals surface area contributed by atoms with Gasteiger partial charge in [-0.25, -0.2) is 9.86 Å². The van der Waals surface area contributed by atoms with Gasteiger partial charge in [-0.2, -0.15) is 0 Å². The summed E-state index contributed by atoms with van der Waals surface area (Å²) in [5.41, 5.74) is 1.58. The van der Waals surface area contributed by atoms with E-state index in [1.807, 2.05) is 12.1 Å². The third kappa shape index (κ3) is 5.30. The summed E-state index contributed by atoms with van der Waals surface area (Å²) in [4.78, 5) is 16.6. The van der Waals surface area contributed by atoms with Gasteiger partial charge in [-0.05, 0) is 29.8 Å². The maximum absolute atomic E-state index is 11.7. The second-order valence-electron chi connectivity index (χ2n) is 4.97. The van der Waals surface area contributed by atoms with E-state index in [2.05, 4.69) is 5.32 Å². The van der Waals surface area contributed by atoms with Crippen molar-refractivity contribution in [3.63, 3.8) is 0 Å². The Balaban J connectivity index is 1.91. The molecule has 7 heteroatoms. The lowest BCUT2D eigenvalue weighted by Crippen LogP contribution is -2.30. The van der Waals surface area contributed by atoms with E-state index in [0.29, 0.717) is 34.5 Å². The molecule has 2 aromatic carbocycles. The van der Waals surface area contributed by atoms with E-state index in [1.54, 1.807) is 30.3 Å². The summed E-state index contributed by atoms with van der Waals surface area (Å²) in [7, 11) is 2.94. The van der Waals surface area contributed by atoms with Gasteiger partial charge < -0.3 is 10.1 Å². The van der Waals surface area contributed by atoms with Gasteiger partial charge in [-0.1, -0.05) is 35.3 Å². The number of urea groups is 1. The van der Waals surface area contributed by atoms with Crippen LogP contribution in [0.25, 0.3) is 0 Å². The summed E-state index contributed by atoms with van der Waals surface area (Å²) in [6, 6.07) is 12.1. The van der Waals surface area contributed by atoms with Gasteiger partial charge in [0.15, 0.2) is 0 Å². The van der Waals surface area contributed by atoms with Crippen LogP contribution in [0.1, 0.15) is 5.56 Å². The Bertz CT molecular complexity index is 710. The highest BCUT2D eigenvalue weighted by Crippen LogP contribution is 2.22. The van der Waals surface area contributed by atoms with Gasteiger partial charge in [0.25, 0.3) is 0 Å². The first-order valence-corrected chi connectivity index (χ1v) is 8.01. The van der Waals surface area contributed by atoms with Crippen molar-refractivity contribution in [2.45, 2.75) is 6.42 Å². The molecule has 0 bridgehead atoms. The number of hydroxylamine groups is 2. The first-order valence-electron chi connectivity index (χ1n) is 7.25. The third-order valence-corrected chi connectivity index (χ3v) is 3.89. The molecule has 0 radical (unpaired) electrons. The molecule has 1 N–H and O–H groups in total. The number of rotatable bonds is 6. The minimum absolute atomic E-state index is 0.373. The molecule has 2 rings (SSSR count). The molecule has 0 aliphatic heterocycles. The highest BCUT2D eigenvalue weighted by Gasteiger charge is 2.08. The molecule has 0 saturated heterocycles. The molecule has 0 unspecified atom stereocenters. The average Bonchev–Trinajstić information content (AvgIpc) is 2.56. The number of ether oxygens (including phenoxy) is 1. The van der Waals surface area contributed by atoms with Crippen LogP contribution in [0.4, 0.5) is 10.5 Å². The number of anilines is 1. The number of nitrogens with one attached hydrogen (secondary N) is 1. The predicted molar refractivity (Wildman–Crippen MR) is 95.9 cm³/mol. The Hall–Kier alpha value is -1.95. The maximum atomic E-state index is 11.7. The fourth-order valence-corrected chi connectivity index (χ4v) is 2.46. The first kappa shape index (κ1) is 18.4. The van der Waals surface area contributed by atoms with Gasteiger partial charge in [0, 0.05) is 35.3 Å². The SMILES string of the molecule is CON(C)C(=O)Nc1cccc(OCCc2ccc(Cl)cc2Cl)c1. The predicted octanol–water partition coefficient (Wildman–Crippen LogP) is 4.64. The van der Waals surface area contributed by atoms with Gasteiger partial charge in [-0.15, -0.1) is 0 Å². The lowest BCUT2D eigenvalue weighted by atomic mass is 10.1. The van der Waals surface area contributed by atoms with Crippen LogP contribution < -0.4 is 10.1 Å². The van der Waals surface area contributed by atoms with Crippen LogP contribution >= 0.6 is 23.2 Å². The molecule has 2 amide bonds. The van der Waals surface area contributed by atoms with Crippen molar-refractivity contribution in [3.8, 4) is 5.75 Å². The van der Waals surface area contributed by atoms with Crippen molar-refractivity contribution in [1.29, 1.82) is 0 Å². The number of hydrogen-bond acceptors (Lipinski definition) is 3. The molecule has 0 atom stereocenters. The number of amides is 2. The van der Waals surface area contributed by atoms with Gasteiger partial charge in [0.05, 0.1) is 13.7 Å². The summed E-state index contributed by atoms with van der Waals surface area (Å²) in [6.07, 6.45) is 0.652. The molecule has 5 nitrogen and oxygen atoms in total. The van der Waals surface area contributed by atoms with Crippen molar-refractivity contribution in [2.75, 3.05) is 26.1 Å². The zero-order chi connectivity index (χ0) is 17.5. The van der Waals surface area contributed by atoms with Crippen LogP contribution in [0.3, 0.4) is 0 Å². The summed E-state index contributed by atoms with van der Waals surface area (Å²) < 4.78 is 5.72. The lowest BCUT2D eigenvalue weighted by molar-refractivity contribution is -0.0598. The van der Waals surface area contributed by atoms with Crippen LogP contribution in [0, 0.1) is 0 Å². The normalized spacial score (nSPS) is 10.3. The van der Waals surface area contributed by atoms with E-state index in [9.17, 15) is 4.79 Å². The van der Waals surface area contributed by atoms with Crippen LogP contribution in [0.15, 0.2) is 42.5 Å². The van der Waals surface area contributed by atoms with E-state index in [1.165, 1.54) is 14.2 Å². The molecule has 0 aliphatic carbocycles.